The molecule has 0 bridgehead atoms. The van der Waals surface area contributed by atoms with Gasteiger partial charge in [-0.15, -0.1) is 0 Å². The standard InChI is InChI=1S/C10H12O3/c1-7-3-4-9(8(2)5-7)10(12)13-6-11/h4-7H,3H2,1-2H3. The van der Waals surface area contributed by atoms with E-state index in [9.17, 15) is 9.59 Å². The zero-order valence-electron chi connectivity index (χ0n) is 7.74. The van der Waals surface area contributed by atoms with Crippen LogP contribution < -0.4 is 0 Å². The van der Waals surface area contributed by atoms with E-state index >= 15 is 0 Å². The molecule has 0 radical (unpaired) electrons. The number of hydrogen-bond donors (Lipinski definition) is 0. The second-order valence-electron chi connectivity index (χ2n) is 3.18. The van der Waals surface area contributed by atoms with Gasteiger partial charge in [0.25, 0.3) is 0 Å². The molecule has 1 aliphatic rings. The van der Waals surface area contributed by atoms with Crippen molar-refractivity contribution in [3.05, 3.63) is 23.3 Å². The van der Waals surface area contributed by atoms with Crippen molar-refractivity contribution in [1.29, 1.82) is 0 Å². The number of carbonyl (C=O) groups excluding carboxylic acids is 2. The molecule has 0 fully saturated rings. The average Bonchev–Trinajstić information content (AvgIpc) is 2.04. The van der Waals surface area contributed by atoms with Crippen LogP contribution in [-0.4, -0.2) is 12.4 Å². The van der Waals surface area contributed by atoms with Crippen LogP contribution in [0.4, 0.5) is 0 Å². The molecule has 0 N–H and O–H groups in total. The molecule has 0 spiro atoms. The fourth-order valence-corrected chi connectivity index (χ4v) is 1.40. The second kappa shape index (κ2) is 4.03. The summed E-state index contributed by atoms with van der Waals surface area (Å²) in [4.78, 5) is 21.1. The summed E-state index contributed by atoms with van der Waals surface area (Å²) >= 11 is 0. The van der Waals surface area contributed by atoms with Crippen molar-refractivity contribution in [2.24, 2.45) is 5.92 Å². The molecule has 0 aromatic carbocycles. The fourth-order valence-electron chi connectivity index (χ4n) is 1.40. The minimum Gasteiger partial charge on any atom is -0.392 e. The molecular weight excluding hydrogens is 168 g/mol. The van der Waals surface area contributed by atoms with Crippen LogP contribution in [0, 0.1) is 5.92 Å². The minimum atomic E-state index is -0.560. The highest BCUT2D eigenvalue weighted by Gasteiger charge is 2.16. The number of hydrogen-bond acceptors (Lipinski definition) is 3. The van der Waals surface area contributed by atoms with Crippen LogP contribution in [-0.2, 0) is 14.3 Å². The maximum Gasteiger partial charge on any atom is 0.345 e. The molecular formula is C10H12O3. The maximum absolute atomic E-state index is 11.2. The quantitative estimate of drug-likeness (QED) is 0.368. The van der Waals surface area contributed by atoms with Crippen LogP contribution in [0.5, 0.6) is 0 Å². The summed E-state index contributed by atoms with van der Waals surface area (Å²) in [5.41, 5.74) is 1.39. The molecule has 0 saturated carbocycles. The molecule has 0 heterocycles. The first-order valence-corrected chi connectivity index (χ1v) is 4.18. The summed E-state index contributed by atoms with van der Waals surface area (Å²) in [5, 5.41) is 0. The molecule has 3 heteroatoms. The van der Waals surface area contributed by atoms with Crippen LogP contribution in [0.3, 0.4) is 0 Å². The molecule has 70 valence electrons. The minimum absolute atomic E-state index is 0.161. The SMILES string of the molecule is CC1=CC(C)CC=C1C(=O)OC=O. The third kappa shape index (κ3) is 2.28. The van der Waals surface area contributed by atoms with Crippen molar-refractivity contribution in [1.82, 2.24) is 0 Å². The molecule has 1 aliphatic carbocycles. The van der Waals surface area contributed by atoms with Gasteiger partial charge in [0, 0.05) is 0 Å². The summed E-state index contributed by atoms with van der Waals surface area (Å²) in [6, 6.07) is 0. The Labute approximate surface area is 77.1 Å². The summed E-state index contributed by atoms with van der Waals surface area (Å²) < 4.78 is 4.26. The Morgan fingerprint density at radius 1 is 1.69 bits per heavy atom. The monoisotopic (exact) mass is 180 g/mol. The first-order valence-electron chi connectivity index (χ1n) is 4.18. The van der Waals surface area contributed by atoms with Gasteiger partial charge in [-0.25, -0.2) is 4.79 Å². The largest absolute Gasteiger partial charge is 0.392 e. The highest BCUT2D eigenvalue weighted by Crippen LogP contribution is 2.22. The molecule has 0 amide bonds. The van der Waals surface area contributed by atoms with E-state index < -0.39 is 5.97 Å². The first kappa shape index (κ1) is 9.71. The Bertz CT molecular complexity index is 287. The van der Waals surface area contributed by atoms with E-state index in [0.717, 1.165) is 12.0 Å². The third-order valence-corrected chi connectivity index (χ3v) is 2.03. The molecule has 1 atom stereocenters. The Kier molecular flexibility index (Phi) is 3.01. The van der Waals surface area contributed by atoms with Crippen LogP contribution in [0.15, 0.2) is 23.3 Å². The Morgan fingerprint density at radius 2 is 2.38 bits per heavy atom. The van der Waals surface area contributed by atoms with Crippen LogP contribution >= 0.6 is 0 Å². The van der Waals surface area contributed by atoms with Gasteiger partial charge < -0.3 is 4.74 Å². The highest BCUT2D eigenvalue weighted by atomic mass is 16.6. The number of ether oxygens (including phenoxy) is 1. The Morgan fingerprint density at radius 3 is 2.92 bits per heavy atom. The van der Waals surface area contributed by atoms with Crippen LogP contribution in [0.2, 0.25) is 0 Å². The van der Waals surface area contributed by atoms with Crippen LogP contribution in [0.25, 0.3) is 0 Å². The molecule has 3 nitrogen and oxygen atoms in total. The van der Waals surface area contributed by atoms with Gasteiger partial charge in [-0.2, -0.15) is 0 Å². The summed E-state index contributed by atoms with van der Waals surface area (Å²) in [5.74, 6) is -0.108. The van der Waals surface area contributed by atoms with Crippen molar-refractivity contribution >= 4 is 12.4 Å². The smallest absolute Gasteiger partial charge is 0.345 e. The lowest BCUT2D eigenvalue weighted by atomic mass is 9.93. The van der Waals surface area contributed by atoms with Crippen molar-refractivity contribution < 1.29 is 14.3 Å². The van der Waals surface area contributed by atoms with E-state index in [4.69, 9.17) is 0 Å². The molecule has 0 saturated heterocycles. The zero-order chi connectivity index (χ0) is 9.84. The third-order valence-electron chi connectivity index (χ3n) is 2.03. The van der Waals surface area contributed by atoms with Gasteiger partial charge in [0.2, 0.25) is 0 Å². The van der Waals surface area contributed by atoms with Gasteiger partial charge in [0.05, 0.1) is 5.57 Å². The lowest BCUT2D eigenvalue weighted by Gasteiger charge is -2.14. The van der Waals surface area contributed by atoms with Crippen molar-refractivity contribution in [2.75, 3.05) is 0 Å². The van der Waals surface area contributed by atoms with Crippen molar-refractivity contribution in [3.8, 4) is 0 Å². The summed E-state index contributed by atoms with van der Waals surface area (Å²) in [7, 11) is 0. The number of allylic oxidation sites excluding steroid dienone is 2. The predicted molar refractivity (Wildman–Crippen MR) is 47.8 cm³/mol. The van der Waals surface area contributed by atoms with E-state index in [0.29, 0.717) is 11.5 Å². The lowest BCUT2D eigenvalue weighted by molar-refractivity contribution is -0.147. The average molecular weight is 180 g/mol. The van der Waals surface area contributed by atoms with Gasteiger partial charge in [-0.05, 0) is 24.8 Å². The topological polar surface area (TPSA) is 43.4 Å². The van der Waals surface area contributed by atoms with E-state index in [1.165, 1.54) is 0 Å². The molecule has 13 heavy (non-hydrogen) atoms. The summed E-state index contributed by atoms with van der Waals surface area (Å²) in [6.45, 7) is 4.07. The van der Waals surface area contributed by atoms with Crippen molar-refractivity contribution in [3.63, 3.8) is 0 Å². The Balaban J connectivity index is 2.77. The number of rotatable bonds is 2. The van der Waals surface area contributed by atoms with E-state index in [1.807, 2.05) is 19.1 Å². The second-order valence-corrected chi connectivity index (χ2v) is 3.18. The van der Waals surface area contributed by atoms with E-state index in [1.54, 1.807) is 0 Å². The van der Waals surface area contributed by atoms with Gasteiger partial charge in [-0.3, -0.25) is 4.79 Å². The number of carbonyl (C=O) groups is 2. The number of esters is 1. The molecule has 0 aliphatic heterocycles. The Hall–Kier alpha value is -1.38. The highest BCUT2D eigenvalue weighted by molar-refractivity contribution is 5.96. The molecule has 1 unspecified atom stereocenters. The van der Waals surface area contributed by atoms with Gasteiger partial charge in [0.15, 0.2) is 0 Å². The lowest BCUT2D eigenvalue weighted by Crippen LogP contribution is -2.11. The molecule has 0 aromatic rings. The summed E-state index contributed by atoms with van der Waals surface area (Å²) in [6.07, 6.45) is 4.63. The predicted octanol–water partition coefficient (Wildman–Crippen LogP) is 1.60. The van der Waals surface area contributed by atoms with E-state index in [2.05, 4.69) is 11.7 Å². The maximum atomic E-state index is 11.2. The first-order chi connectivity index (χ1) is 6.15. The van der Waals surface area contributed by atoms with E-state index in [-0.39, 0.29) is 6.47 Å². The fraction of sp³-hybridized carbons (Fsp3) is 0.400. The van der Waals surface area contributed by atoms with Gasteiger partial charge in [-0.1, -0.05) is 19.1 Å². The van der Waals surface area contributed by atoms with Crippen molar-refractivity contribution in [2.45, 2.75) is 20.3 Å². The molecule has 0 aromatic heterocycles. The van der Waals surface area contributed by atoms with Crippen LogP contribution in [0.1, 0.15) is 20.3 Å². The van der Waals surface area contributed by atoms with Gasteiger partial charge in [0.1, 0.15) is 0 Å². The molecule has 1 rings (SSSR count). The van der Waals surface area contributed by atoms with Gasteiger partial charge >= 0.3 is 12.4 Å². The zero-order valence-corrected chi connectivity index (χ0v) is 7.74. The normalized spacial score (nSPS) is 21.5.